The van der Waals surface area contributed by atoms with Crippen molar-refractivity contribution in [1.29, 1.82) is 0 Å². The molecule has 0 saturated carbocycles. The van der Waals surface area contributed by atoms with Gasteiger partial charge in [-0.3, -0.25) is 4.90 Å². The van der Waals surface area contributed by atoms with E-state index in [0.29, 0.717) is 6.54 Å². The van der Waals surface area contributed by atoms with Crippen molar-refractivity contribution >= 4 is 5.69 Å². The maximum atomic E-state index is 5.87. The van der Waals surface area contributed by atoms with E-state index in [0.717, 1.165) is 68.5 Å². The standard InChI is InChI=1S/C25H32N6O3/c1-32-20-10-11-22(23(17-20)33-2)24(25-26-27-28-31(25)18-21-9-6-16-34-21)30-14-12-29(13-15-30)19-7-4-3-5-8-19/h3-5,7-8,10-11,17,21,24H,6,9,12-16,18H2,1-2H3/t21-,24-/m0/s1. The molecular formula is C25H32N6O3. The largest absolute Gasteiger partial charge is 0.497 e. The van der Waals surface area contributed by atoms with E-state index in [1.807, 2.05) is 16.8 Å². The molecule has 1 aromatic heterocycles. The summed E-state index contributed by atoms with van der Waals surface area (Å²) in [7, 11) is 3.36. The van der Waals surface area contributed by atoms with E-state index in [2.05, 4.69) is 61.7 Å². The highest BCUT2D eigenvalue weighted by Gasteiger charge is 2.33. The molecule has 3 aromatic rings. The van der Waals surface area contributed by atoms with Gasteiger partial charge in [0.1, 0.15) is 17.5 Å². The Morgan fingerprint density at radius 2 is 1.85 bits per heavy atom. The molecule has 2 atom stereocenters. The van der Waals surface area contributed by atoms with Crippen molar-refractivity contribution in [1.82, 2.24) is 25.1 Å². The highest BCUT2D eigenvalue weighted by atomic mass is 16.5. The Bertz CT molecular complexity index is 1060. The Morgan fingerprint density at radius 1 is 1.03 bits per heavy atom. The zero-order valence-corrected chi connectivity index (χ0v) is 19.8. The molecule has 0 aliphatic carbocycles. The average Bonchev–Trinajstić information content (AvgIpc) is 3.58. The summed E-state index contributed by atoms with van der Waals surface area (Å²) in [5, 5.41) is 12.9. The number of rotatable bonds is 8. The smallest absolute Gasteiger partial charge is 0.173 e. The van der Waals surface area contributed by atoms with Crippen molar-refractivity contribution in [2.24, 2.45) is 0 Å². The van der Waals surface area contributed by atoms with Gasteiger partial charge in [0, 0.05) is 50.1 Å². The molecule has 9 nitrogen and oxygen atoms in total. The minimum atomic E-state index is -0.143. The molecule has 0 spiro atoms. The molecule has 5 rings (SSSR count). The summed E-state index contributed by atoms with van der Waals surface area (Å²) in [5.41, 5.74) is 2.28. The first-order valence-electron chi connectivity index (χ1n) is 11.9. The fraction of sp³-hybridized carbons (Fsp3) is 0.480. The lowest BCUT2D eigenvalue weighted by molar-refractivity contribution is 0.0906. The third kappa shape index (κ3) is 4.71. The Labute approximate surface area is 200 Å². The van der Waals surface area contributed by atoms with Gasteiger partial charge in [-0.15, -0.1) is 5.10 Å². The van der Waals surface area contributed by atoms with Crippen LogP contribution in [-0.4, -0.2) is 78.2 Å². The lowest BCUT2D eigenvalue weighted by Gasteiger charge is -2.40. The van der Waals surface area contributed by atoms with Crippen LogP contribution in [0, 0.1) is 0 Å². The van der Waals surface area contributed by atoms with Crippen LogP contribution in [0.3, 0.4) is 0 Å². The SMILES string of the molecule is COc1ccc([C@@H](c2nnnn2C[C@@H]2CCCO2)N2CCN(c3ccccc3)CC2)c(OC)c1. The number of anilines is 1. The number of piperazine rings is 1. The summed E-state index contributed by atoms with van der Waals surface area (Å²) in [6.07, 6.45) is 2.26. The summed E-state index contributed by atoms with van der Waals surface area (Å²) in [4.78, 5) is 4.87. The number of nitrogens with zero attached hydrogens (tertiary/aromatic N) is 6. The molecule has 2 aliphatic heterocycles. The van der Waals surface area contributed by atoms with Crippen LogP contribution in [0.2, 0.25) is 0 Å². The van der Waals surface area contributed by atoms with Gasteiger partial charge in [-0.05, 0) is 47.5 Å². The second-order valence-corrected chi connectivity index (χ2v) is 8.72. The molecule has 2 fully saturated rings. The number of methoxy groups -OCH3 is 2. The minimum Gasteiger partial charge on any atom is -0.497 e. The molecule has 2 saturated heterocycles. The molecule has 3 heterocycles. The first kappa shape index (κ1) is 22.6. The Hall–Kier alpha value is -3.17. The number of benzene rings is 2. The summed E-state index contributed by atoms with van der Waals surface area (Å²) in [5.74, 6) is 2.33. The van der Waals surface area contributed by atoms with Crippen molar-refractivity contribution in [2.45, 2.75) is 31.5 Å². The van der Waals surface area contributed by atoms with Crippen LogP contribution in [0.15, 0.2) is 48.5 Å². The predicted octanol–water partition coefficient (Wildman–Crippen LogP) is 2.78. The molecule has 2 aromatic carbocycles. The van der Waals surface area contributed by atoms with Gasteiger partial charge in [0.25, 0.3) is 0 Å². The molecule has 180 valence electrons. The molecular weight excluding hydrogens is 432 g/mol. The minimum absolute atomic E-state index is 0.143. The summed E-state index contributed by atoms with van der Waals surface area (Å²) >= 11 is 0. The summed E-state index contributed by atoms with van der Waals surface area (Å²) in [6.45, 7) is 5.06. The van der Waals surface area contributed by atoms with Gasteiger partial charge in [0.05, 0.1) is 26.9 Å². The van der Waals surface area contributed by atoms with E-state index in [1.54, 1.807) is 14.2 Å². The lowest BCUT2D eigenvalue weighted by Crippen LogP contribution is -2.48. The van der Waals surface area contributed by atoms with Crippen LogP contribution in [-0.2, 0) is 11.3 Å². The van der Waals surface area contributed by atoms with Crippen LogP contribution in [0.5, 0.6) is 11.5 Å². The average molecular weight is 465 g/mol. The highest BCUT2D eigenvalue weighted by Crippen LogP contribution is 2.37. The first-order chi connectivity index (χ1) is 16.8. The number of ether oxygens (including phenoxy) is 3. The van der Waals surface area contributed by atoms with E-state index in [1.165, 1.54) is 5.69 Å². The quantitative estimate of drug-likeness (QED) is 0.504. The molecule has 9 heteroatoms. The van der Waals surface area contributed by atoms with Crippen LogP contribution in [0.25, 0.3) is 0 Å². The van der Waals surface area contributed by atoms with Crippen LogP contribution >= 0.6 is 0 Å². The number of tetrazole rings is 1. The molecule has 0 unspecified atom stereocenters. The van der Waals surface area contributed by atoms with Crippen LogP contribution < -0.4 is 14.4 Å². The van der Waals surface area contributed by atoms with E-state index in [9.17, 15) is 0 Å². The number of para-hydroxylation sites is 1. The second kappa shape index (κ2) is 10.4. The maximum absolute atomic E-state index is 5.87. The van der Waals surface area contributed by atoms with Gasteiger partial charge >= 0.3 is 0 Å². The zero-order chi connectivity index (χ0) is 23.3. The zero-order valence-electron chi connectivity index (χ0n) is 19.8. The Morgan fingerprint density at radius 3 is 2.56 bits per heavy atom. The van der Waals surface area contributed by atoms with Crippen LogP contribution in [0.1, 0.15) is 30.3 Å². The molecule has 0 bridgehead atoms. The summed E-state index contributed by atoms with van der Waals surface area (Å²) in [6, 6.07) is 16.4. The topological polar surface area (TPSA) is 77.8 Å². The lowest BCUT2D eigenvalue weighted by atomic mass is 10.0. The van der Waals surface area contributed by atoms with Crippen molar-refractivity contribution in [2.75, 3.05) is 51.9 Å². The third-order valence-electron chi connectivity index (χ3n) is 6.74. The van der Waals surface area contributed by atoms with E-state index >= 15 is 0 Å². The van der Waals surface area contributed by atoms with E-state index in [-0.39, 0.29) is 12.1 Å². The van der Waals surface area contributed by atoms with E-state index < -0.39 is 0 Å². The molecule has 0 radical (unpaired) electrons. The molecule has 2 aliphatic rings. The normalized spacial score (nSPS) is 19.8. The van der Waals surface area contributed by atoms with Gasteiger partial charge in [-0.1, -0.05) is 18.2 Å². The fourth-order valence-electron chi connectivity index (χ4n) is 4.94. The van der Waals surface area contributed by atoms with Crippen molar-refractivity contribution in [3.63, 3.8) is 0 Å². The Balaban J connectivity index is 1.46. The van der Waals surface area contributed by atoms with Crippen molar-refractivity contribution in [3.8, 4) is 11.5 Å². The molecule has 0 N–H and O–H groups in total. The van der Waals surface area contributed by atoms with Gasteiger partial charge in [0.2, 0.25) is 0 Å². The second-order valence-electron chi connectivity index (χ2n) is 8.72. The van der Waals surface area contributed by atoms with E-state index in [4.69, 9.17) is 14.2 Å². The summed E-state index contributed by atoms with van der Waals surface area (Å²) < 4.78 is 19.0. The third-order valence-corrected chi connectivity index (χ3v) is 6.74. The van der Waals surface area contributed by atoms with Crippen molar-refractivity contribution in [3.05, 3.63) is 59.9 Å². The van der Waals surface area contributed by atoms with Gasteiger partial charge in [-0.2, -0.15) is 0 Å². The highest BCUT2D eigenvalue weighted by molar-refractivity contribution is 5.47. The van der Waals surface area contributed by atoms with Crippen molar-refractivity contribution < 1.29 is 14.2 Å². The maximum Gasteiger partial charge on any atom is 0.173 e. The Kier molecular flexibility index (Phi) is 6.92. The predicted molar refractivity (Wildman–Crippen MR) is 128 cm³/mol. The number of aromatic nitrogens is 4. The van der Waals surface area contributed by atoms with Gasteiger partial charge in [0.15, 0.2) is 5.82 Å². The van der Waals surface area contributed by atoms with Gasteiger partial charge in [-0.25, -0.2) is 4.68 Å². The fourth-order valence-corrected chi connectivity index (χ4v) is 4.94. The number of hydrogen-bond donors (Lipinski definition) is 0. The number of hydrogen-bond acceptors (Lipinski definition) is 8. The first-order valence-corrected chi connectivity index (χ1v) is 11.9. The molecule has 0 amide bonds. The van der Waals surface area contributed by atoms with Crippen LogP contribution in [0.4, 0.5) is 5.69 Å². The molecule has 34 heavy (non-hydrogen) atoms. The monoisotopic (exact) mass is 464 g/mol. The van der Waals surface area contributed by atoms with Gasteiger partial charge < -0.3 is 19.1 Å².